The van der Waals surface area contributed by atoms with Crippen LogP contribution in [-0.2, 0) is 20.8 Å². The van der Waals surface area contributed by atoms with Crippen LogP contribution in [0.1, 0.15) is 24.1 Å². The van der Waals surface area contributed by atoms with E-state index >= 15 is 0 Å². The number of rotatable bonds is 4. The van der Waals surface area contributed by atoms with E-state index in [0.29, 0.717) is 16.9 Å². The van der Waals surface area contributed by atoms with Crippen molar-refractivity contribution in [3.05, 3.63) is 90.0 Å². The van der Waals surface area contributed by atoms with Crippen molar-refractivity contribution in [1.29, 1.82) is 0 Å². The van der Waals surface area contributed by atoms with E-state index in [-0.39, 0.29) is 11.7 Å². The van der Waals surface area contributed by atoms with Gasteiger partial charge in [-0.2, -0.15) is 0 Å². The number of benzene rings is 3. The first kappa shape index (κ1) is 19.3. The third kappa shape index (κ3) is 3.07. The van der Waals surface area contributed by atoms with Gasteiger partial charge in [0.1, 0.15) is 11.7 Å². The molecule has 0 aliphatic carbocycles. The largest absolute Gasteiger partial charge is 0.508 e. The molecule has 0 radical (unpaired) electrons. The van der Waals surface area contributed by atoms with Crippen LogP contribution in [-0.4, -0.2) is 23.0 Å². The number of anilines is 2. The molecule has 0 saturated carbocycles. The summed E-state index contributed by atoms with van der Waals surface area (Å²) in [5.41, 5.74) is 2.92. The number of hydroxylamine groups is 1. The van der Waals surface area contributed by atoms with Crippen molar-refractivity contribution in [2.24, 2.45) is 5.92 Å². The van der Waals surface area contributed by atoms with Crippen molar-refractivity contribution in [1.82, 2.24) is 0 Å². The lowest BCUT2D eigenvalue weighted by Crippen LogP contribution is -2.37. The number of aryl methyl sites for hydroxylation is 1. The normalized spacial score (nSPS) is 22.8. The first-order valence-electron chi connectivity index (χ1n) is 10.4. The van der Waals surface area contributed by atoms with Gasteiger partial charge in [-0.3, -0.25) is 14.4 Å². The average molecular weight is 414 g/mol. The Morgan fingerprint density at radius 2 is 1.52 bits per heavy atom. The summed E-state index contributed by atoms with van der Waals surface area (Å²) in [6.07, 6.45) is -0.0825. The fourth-order valence-electron chi connectivity index (χ4n) is 4.40. The van der Waals surface area contributed by atoms with Gasteiger partial charge < -0.3 is 5.11 Å². The topological polar surface area (TPSA) is 70.1 Å². The SMILES string of the molecule is CCc1ccc(N2C(=O)[C@@H]3[C@@H](c4ccccc4O)N(c4ccccc4)O[C@H]3C2=O)cc1. The molecular weight excluding hydrogens is 392 g/mol. The van der Waals surface area contributed by atoms with Gasteiger partial charge in [-0.1, -0.05) is 55.5 Å². The number of phenolic OH excluding ortho intramolecular Hbond substituents is 1. The number of hydrogen-bond donors (Lipinski definition) is 1. The van der Waals surface area contributed by atoms with E-state index in [9.17, 15) is 14.7 Å². The van der Waals surface area contributed by atoms with Crippen molar-refractivity contribution in [2.75, 3.05) is 9.96 Å². The van der Waals surface area contributed by atoms with Crippen molar-refractivity contribution >= 4 is 23.2 Å². The number of imide groups is 1. The predicted octanol–water partition coefficient (Wildman–Crippen LogP) is 4.01. The minimum Gasteiger partial charge on any atom is -0.508 e. The third-order valence-corrected chi connectivity index (χ3v) is 5.98. The maximum atomic E-state index is 13.5. The van der Waals surface area contributed by atoms with Crippen LogP contribution in [0.25, 0.3) is 0 Å². The van der Waals surface area contributed by atoms with Crippen molar-refractivity contribution < 1.29 is 19.5 Å². The number of fused-ring (bicyclic) bond motifs is 1. The average Bonchev–Trinajstić information content (AvgIpc) is 3.31. The summed E-state index contributed by atoms with van der Waals surface area (Å²) >= 11 is 0. The van der Waals surface area contributed by atoms with Crippen molar-refractivity contribution in [2.45, 2.75) is 25.5 Å². The van der Waals surface area contributed by atoms with Crippen molar-refractivity contribution in [3.8, 4) is 5.75 Å². The Morgan fingerprint density at radius 3 is 2.19 bits per heavy atom. The molecule has 2 fully saturated rings. The summed E-state index contributed by atoms with van der Waals surface area (Å²) in [6, 6.07) is 23.0. The number of para-hydroxylation sites is 2. The molecule has 2 saturated heterocycles. The van der Waals surface area contributed by atoms with Crippen molar-refractivity contribution in [3.63, 3.8) is 0 Å². The van der Waals surface area contributed by atoms with Gasteiger partial charge in [-0.25, -0.2) is 9.96 Å². The number of amides is 2. The molecule has 1 N–H and O–H groups in total. The van der Waals surface area contributed by atoms with Crippen LogP contribution >= 0.6 is 0 Å². The van der Waals surface area contributed by atoms with E-state index in [4.69, 9.17) is 4.84 Å². The molecule has 0 bridgehead atoms. The fraction of sp³-hybridized carbons (Fsp3) is 0.200. The van der Waals surface area contributed by atoms with E-state index in [1.807, 2.05) is 42.5 Å². The molecule has 2 aliphatic rings. The van der Waals surface area contributed by atoms with Gasteiger partial charge >= 0.3 is 0 Å². The Bertz CT molecular complexity index is 1130. The van der Waals surface area contributed by atoms with Crippen LogP contribution in [0.2, 0.25) is 0 Å². The zero-order valence-electron chi connectivity index (χ0n) is 17.0. The summed E-state index contributed by atoms with van der Waals surface area (Å²) in [5.74, 6) is -1.43. The highest BCUT2D eigenvalue weighted by Crippen LogP contribution is 2.49. The lowest BCUT2D eigenvalue weighted by Gasteiger charge is -2.29. The number of nitrogens with zero attached hydrogens (tertiary/aromatic N) is 2. The molecule has 6 heteroatoms. The number of phenols is 1. The standard InChI is InChI=1S/C25H22N2O4/c1-2-16-12-14-17(15-13-16)26-24(29)21-22(19-10-6-7-11-20(19)28)27(31-23(21)25(26)30)18-8-4-3-5-9-18/h3-15,21-23,28H,2H2,1H3/t21-,22-,23-/m1/s1. The van der Waals surface area contributed by atoms with E-state index in [1.165, 1.54) is 4.90 Å². The quantitative estimate of drug-likeness (QED) is 0.654. The first-order chi connectivity index (χ1) is 15.1. The smallest absolute Gasteiger partial charge is 0.266 e. The number of carbonyl (C=O) groups is 2. The van der Waals surface area contributed by atoms with Crippen LogP contribution < -0.4 is 9.96 Å². The molecule has 2 aliphatic heterocycles. The molecule has 31 heavy (non-hydrogen) atoms. The van der Waals surface area contributed by atoms with Gasteiger partial charge in [-0.05, 0) is 42.3 Å². The molecule has 2 heterocycles. The highest BCUT2D eigenvalue weighted by atomic mass is 16.7. The van der Waals surface area contributed by atoms with Gasteiger partial charge in [-0.15, -0.1) is 0 Å². The summed E-state index contributed by atoms with van der Waals surface area (Å²) in [4.78, 5) is 34.1. The van der Waals surface area contributed by atoms with Crippen LogP contribution in [0.5, 0.6) is 5.75 Å². The van der Waals surface area contributed by atoms with Gasteiger partial charge in [0.15, 0.2) is 6.10 Å². The molecule has 0 spiro atoms. The zero-order valence-corrected chi connectivity index (χ0v) is 17.0. The highest BCUT2D eigenvalue weighted by molar-refractivity contribution is 6.23. The zero-order chi connectivity index (χ0) is 21.5. The first-order valence-corrected chi connectivity index (χ1v) is 10.4. The highest BCUT2D eigenvalue weighted by Gasteiger charge is 2.60. The second-order valence-corrected chi connectivity index (χ2v) is 7.75. The molecule has 0 unspecified atom stereocenters. The summed E-state index contributed by atoms with van der Waals surface area (Å²) in [7, 11) is 0. The monoisotopic (exact) mass is 414 g/mol. The van der Waals surface area contributed by atoms with E-state index < -0.39 is 24.0 Å². The predicted molar refractivity (Wildman–Crippen MR) is 116 cm³/mol. The van der Waals surface area contributed by atoms with Crippen LogP contribution in [0, 0.1) is 5.92 Å². The van der Waals surface area contributed by atoms with Crippen LogP contribution in [0.4, 0.5) is 11.4 Å². The summed E-state index contributed by atoms with van der Waals surface area (Å²) in [5, 5.41) is 12.1. The number of carbonyl (C=O) groups excluding carboxylic acids is 2. The number of aromatic hydroxyl groups is 1. The molecule has 3 atom stereocenters. The van der Waals surface area contributed by atoms with Gasteiger partial charge in [0, 0.05) is 5.56 Å². The molecule has 5 rings (SSSR count). The van der Waals surface area contributed by atoms with E-state index in [2.05, 4.69) is 6.92 Å². The maximum Gasteiger partial charge on any atom is 0.266 e. The Morgan fingerprint density at radius 1 is 0.839 bits per heavy atom. The molecule has 156 valence electrons. The molecule has 3 aromatic carbocycles. The molecule has 0 aromatic heterocycles. The third-order valence-electron chi connectivity index (χ3n) is 5.98. The second-order valence-electron chi connectivity index (χ2n) is 7.75. The maximum absolute atomic E-state index is 13.5. The lowest BCUT2D eigenvalue weighted by atomic mass is 9.90. The minimum atomic E-state index is -0.955. The minimum absolute atomic E-state index is 0.0590. The Labute approximate surface area is 180 Å². The van der Waals surface area contributed by atoms with Gasteiger partial charge in [0.05, 0.1) is 17.4 Å². The van der Waals surface area contributed by atoms with Crippen LogP contribution in [0.3, 0.4) is 0 Å². The summed E-state index contributed by atoms with van der Waals surface area (Å²) < 4.78 is 0. The van der Waals surface area contributed by atoms with Crippen LogP contribution in [0.15, 0.2) is 78.9 Å². The Balaban J connectivity index is 1.58. The second kappa shape index (κ2) is 7.56. The Hall–Kier alpha value is -3.64. The molecule has 2 amide bonds. The van der Waals surface area contributed by atoms with E-state index in [1.54, 1.807) is 41.5 Å². The molecule has 6 nitrogen and oxygen atoms in total. The lowest BCUT2D eigenvalue weighted by molar-refractivity contribution is -0.126. The molecular formula is C25H22N2O4. The Kier molecular flexibility index (Phi) is 4.71. The fourth-order valence-corrected chi connectivity index (χ4v) is 4.40. The van der Waals surface area contributed by atoms with E-state index in [0.717, 1.165) is 12.0 Å². The van der Waals surface area contributed by atoms with Gasteiger partial charge in [0.25, 0.3) is 5.91 Å². The summed E-state index contributed by atoms with van der Waals surface area (Å²) in [6.45, 7) is 2.05. The molecule has 3 aromatic rings. The van der Waals surface area contributed by atoms with Gasteiger partial charge in [0.2, 0.25) is 5.91 Å². The number of hydrogen-bond acceptors (Lipinski definition) is 5.